The highest BCUT2D eigenvalue weighted by Gasteiger charge is 2.52. The van der Waals surface area contributed by atoms with Crippen molar-refractivity contribution in [1.29, 1.82) is 0 Å². The van der Waals surface area contributed by atoms with Crippen LogP contribution >= 0.6 is 0 Å². The summed E-state index contributed by atoms with van der Waals surface area (Å²) in [6.07, 6.45) is 7.61. The number of hydrogen-bond acceptors (Lipinski definition) is 3. The fraction of sp³-hybridized carbons (Fsp3) is 0.900. The Morgan fingerprint density at radius 1 is 1.17 bits per heavy atom. The topological polar surface area (TPSA) is 43.4 Å². The Bertz CT molecular complexity index is 485. The molecule has 0 bridgehead atoms. The highest BCUT2D eigenvalue weighted by molar-refractivity contribution is 5.79. The van der Waals surface area contributed by atoms with E-state index in [2.05, 4.69) is 20.8 Å². The number of hydrogen-bond donors (Lipinski definition) is 0. The Morgan fingerprint density at radius 3 is 2.61 bits per heavy atom. The summed E-state index contributed by atoms with van der Waals surface area (Å²) in [5, 5.41) is 0. The Balaban J connectivity index is 1.75. The molecule has 130 valence electrons. The van der Waals surface area contributed by atoms with Gasteiger partial charge in [-0.25, -0.2) is 0 Å². The van der Waals surface area contributed by atoms with E-state index in [1.165, 1.54) is 26.2 Å². The molecule has 3 heteroatoms. The molecule has 3 nitrogen and oxygen atoms in total. The van der Waals surface area contributed by atoms with Gasteiger partial charge in [0.1, 0.15) is 11.9 Å². The van der Waals surface area contributed by atoms with Crippen LogP contribution in [0, 0.1) is 35.0 Å². The van der Waals surface area contributed by atoms with Gasteiger partial charge >= 0.3 is 5.97 Å². The lowest BCUT2D eigenvalue weighted by molar-refractivity contribution is -0.162. The van der Waals surface area contributed by atoms with Crippen molar-refractivity contribution in [3.05, 3.63) is 0 Å². The first-order valence-corrected chi connectivity index (χ1v) is 9.52. The second-order valence-corrected chi connectivity index (χ2v) is 8.70. The van der Waals surface area contributed by atoms with Crippen LogP contribution in [0.25, 0.3) is 0 Å². The molecule has 1 unspecified atom stereocenters. The van der Waals surface area contributed by atoms with Crippen LogP contribution in [-0.4, -0.2) is 17.9 Å². The van der Waals surface area contributed by atoms with E-state index in [9.17, 15) is 9.59 Å². The van der Waals surface area contributed by atoms with Crippen LogP contribution in [-0.2, 0) is 14.3 Å². The summed E-state index contributed by atoms with van der Waals surface area (Å²) in [7, 11) is 0. The van der Waals surface area contributed by atoms with Crippen LogP contribution in [0.1, 0.15) is 72.6 Å². The van der Waals surface area contributed by atoms with Crippen molar-refractivity contribution >= 4 is 11.8 Å². The molecular weight excluding hydrogens is 288 g/mol. The molecular formula is C20H32O3. The first-order chi connectivity index (χ1) is 10.8. The molecule has 0 radical (unpaired) electrons. The number of esters is 1. The van der Waals surface area contributed by atoms with Crippen LogP contribution in [0.4, 0.5) is 0 Å². The van der Waals surface area contributed by atoms with E-state index in [0.717, 1.165) is 43.4 Å². The molecule has 0 aromatic carbocycles. The molecule has 0 heterocycles. The van der Waals surface area contributed by atoms with Crippen LogP contribution in [0.5, 0.6) is 0 Å². The van der Waals surface area contributed by atoms with E-state index >= 15 is 0 Å². The van der Waals surface area contributed by atoms with E-state index in [1.807, 2.05) is 0 Å². The van der Waals surface area contributed by atoms with Crippen molar-refractivity contribution in [2.24, 2.45) is 35.0 Å². The average Bonchev–Trinajstić information content (AvgIpc) is 2.49. The van der Waals surface area contributed by atoms with Crippen LogP contribution < -0.4 is 0 Å². The van der Waals surface area contributed by atoms with E-state index in [-0.39, 0.29) is 17.5 Å². The average molecular weight is 320 g/mol. The molecule has 0 saturated heterocycles. The standard InChI is InChI=1S/C20H32O3/c1-12-17-7-5-15-11-16(22)6-8-18(15)19(17)9-10-20(12,4)13(2)23-14(3)21/h12-13,15,17-19H,5-11H2,1-4H3/t12-,13?,15-,17-,18-,19-,20-/m0/s1. The Labute approximate surface area is 140 Å². The summed E-state index contributed by atoms with van der Waals surface area (Å²) in [5.41, 5.74) is 0.0875. The summed E-state index contributed by atoms with van der Waals surface area (Å²) in [6.45, 7) is 8.28. The van der Waals surface area contributed by atoms with Crippen molar-refractivity contribution in [2.45, 2.75) is 78.7 Å². The van der Waals surface area contributed by atoms with Gasteiger partial charge < -0.3 is 4.74 Å². The normalized spacial score (nSPS) is 44.9. The lowest BCUT2D eigenvalue weighted by atomic mass is 9.49. The van der Waals surface area contributed by atoms with Crippen molar-refractivity contribution in [3.8, 4) is 0 Å². The Hall–Kier alpha value is -0.860. The van der Waals surface area contributed by atoms with Crippen LogP contribution in [0.15, 0.2) is 0 Å². The number of ketones is 1. The highest BCUT2D eigenvalue weighted by Crippen LogP contribution is 2.58. The second-order valence-electron chi connectivity index (χ2n) is 8.70. The van der Waals surface area contributed by atoms with E-state index in [0.29, 0.717) is 17.6 Å². The molecule has 23 heavy (non-hydrogen) atoms. The zero-order valence-electron chi connectivity index (χ0n) is 15.1. The quantitative estimate of drug-likeness (QED) is 0.709. The fourth-order valence-electron chi connectivity index (χ4n) is 6.13. The van der Waals surface area contributed by atoms with Crippen LogP contribution in [0.2, 0.25) is 0 Å². The van der Waals surface area contributed by atoms with Gasteiger partial charge in [-0.15, -0.1) is 0 Å². The second kappa shape index (κ2) is 6.22. The number of Topliss-reactive ketones (excluding diaryl/α,β-unsaturated/α-hetero) is 1. The molecule has 3 fully saturated rings. The van der Waals surface area contributed by atoms with E-state index < -0.39 is 0 Å². The first kappa shape index (κ1) is 17.0. The third kappa shape index (κ3) is 2.96. The monoisotopic (exact) mass is 320 g/mol. The third-order valence-electron chi connectivity index (χ3n) is 7.79. The zero-order chi connectivity index (χ0) is 16.8. The minimum atomic E-state index is -0.164. The smallest absolute Gasteiger partial charge is 0.302 e. The molecule has 0 N–H and O–H groups in total. The Kier molecular flexibility index (Phi) is 4.59. The van der Waals surface area contributed by atoms with Gasteiger partial charge in [0.25, 0.3) is 0 Å². The minimum absolute atomic E-state index is 0.0124. The molecule has 0 aromatic rings. The predicted molar refractivity (Wildman–Crippen MR) is 89.8 cm³/mol. The van der Waals surface area contributed by atoms with Crippen molar-refractivity contribution in [2.75, 3.05) is 0 Å². The van der Waals surface area contributed by atoms with Gasteiger partial charge in [0.05, 0.1) is 0 Å². The summed E-state index contributed by atoms with van der Waals surface area (Å²) < 4.78 is 5.58. The molecule has 3 aliphatic rings. The molecule has 0 aliphatic heterocycles. The summed E-state index contributed by atoms with van der Waals surface area (Å²) in [4.78, 5) is 23.2. The molecule has 7 atom stereocenters. The third-order valence-corrected chi connectivity index (χ3v) is 7.79. The van der Waals surface area contributed by atoms with Gasteiger partial charge in [0.2, 0.25) is 0 Å². The van der Waals surface area contributed by atoms with Gasteiger partial charge in [-0.1, -0.05) is 13.8 Å². The predicted octanol–water partition coefficient (Wildman–Crippen LogP) is 4.39. The minimum Gasteiger partial charge on any atom is -0.462 e. The molecule has 0 spiro atoms. The SMILES string of the molecule is CC(=O)OC(C)[C@@]1(C)CC[C@H]2[C@@H](CC[C@H]3CC(=O)CC[C@@H]32)[C@@H]1C. The van der Waals surface area contributed by atoms with E-state index in [1.54, 1.807) is 0 Å². The fourth-order valence-corrected chi connectivity index (χ4v) is 6.13. The van der Waals surface area contributed by atoms with Crippen molar-refractivity contribution in [1.82, 2.24) is 0 Å². The van der Waals surface area contributed by atoms with Gasteiger partial charge in [-0.3, -0.25) is 9.59 Å². The van der Waals surface area contributed by atoms with Gasteiger partial charge in [0.15, 0.2) is 0 Å². The van der Waals surface area contributed by atoms with Crippen molar-refractivity contribution in [3.63, 3.8) is 0 Å². The lowest BCUT2D eigenvalue weighted by Gasteiger charge is -2.56. The molecule has 3 rings (SSSR count). The number of carbonyl (C=O) groups is 2. The number of rotatable bonds is 2. The Morgan fingerprint density at radius 2 is 1.91 bits per heavy atom. The van der Waals surface area contributed by atoms with E-state index in [4.69, 9.17) is 4.74 Å². The number of ether oxygens (including phenoxy) is 1. The van der Waals surface area contributed by atoms with Gasteiger partial charge in [0, 0.05) is 25.2 Å². The highest BCUT2D eigenvalue weighted by atomic mass is 16.5. The summed E-state index contributed by atoms with van der Waals surface area (Å²) >= 11 is 0. The first-order valence-electron chi connectivity index (χ1n) is 9.52. The maximum absolute atomic E-state index is 11.8. The summed E-state index contributed by atoms with van der Waals surface area (Å²) in [6, 6.07) is 0. The number of carbonyl (C=O) groups excluding carboxylic acids is 2. The largest absolute Gasteiger partial charge is 0.462 e. The lowest BCUT2D eigenvalue weighted by Crippen LogP contribution is -2.52. The van der Waals surface area contributed by atoms with Crippen LogP contribution in [0.3, 0.4) is 0 Å². The van der Waals surface area contributed by atoms with Gasteiger partial charge in [-0.05, 0) is 68.6 Å². The maximum atomic E-state index is 11.8. The molecule has 3 aliphatic carbocycles. The number of fused-ring (bicyclic) bond motifs is 3. The summed E-state index contributed by atoms with van der Waals surface area (Å²) in [5.74, 6) is 3.84. The molecule has 3 saturated carbocycles. The molecule has 0 aromatic heterocycles. The maximum Gasteiger partial charge on any atom is 0.302 e. The molecule has 0 amide bonds. The van der Waals surface area contributed by atoms with Crippen molar-refractivity contribution < 1.29 is 14.3 Å². The van der Waals surface area contributed by atoms with Gasteiger partial charge in [-0.2, -0.15) is 0 Å². The zero-order valence-corrected chi connectivity index (χ0v) is 15.1.